The molecule has 28 heavy (non-hydrogen) atoms. The standard InChI is InChI=1S/C20H21N3O5/c1-4-28-20(26)18(13(2)24)23-22-16-12-14(10-11-17(16)27-3)19(25)21-15-8-6-5-7-9-15/h5-12,24H,4H2,1-3H3,(H,21,25). The smallest absolute Gasteiger partial charge is 0.362 e. The first kappa shape index (κ1) is 20.6. The number of esters is 1. The van der Waals surface area contributed by atoms with E-state index in [-0.39, 0.29) is 29.7 Å². The van der Waals surface area contributed by atoms with E-state index in [1.807, 2.05) is 18.2 Å². The number of rotatable bonds is 7. The Balaban J connectivity index is 2.30. The van der Waals surface area contributed by atoms with Gasteiger partial charge in [-0.2, -0.15) is 0 Å². The van der Waals surface area contributed by atoms with Gasteiger partial charge in [-0.05, 0) is 44.2 Å². The van der Waals surface area contributed by atoms with E-state index in [4.69, 9.17) is 9.47 Å². The summed E-state index contributed by atoms with van der Waals surface area (Å²) in [5.74, 6) is -1.13. The number of amides is 1. The van der Waals surface area contributed by atoms with Gasteiger partial charge in [0.15, 0.2) is 0 Å². The zero-order chi connectivity index (χ0) is 20.5. The third kappa shape index (κ3) is 5.41. The minimum absolute atomic E-state index is 0.129. The van der Waals surface area contributed by atoms with Crippen LogP contribution in [0.2, 0.25) is 0 Å². The maximum Gasteiger partial charge on any atom is 0.362 e. The number of aliphatic hydroxyl groups is 1. The minimum Gasteiger partial charge on any atom is -0.510 e. The molecule has 0 radical (unpaired) electrons. The third-order valence-electron chi connectivity index (χ3n) is 3.54. The van der Waals surface area contributed by atoms with Crippen LogP contribution >= 0.6 is 0 Å². The molecule has 1 amide bonds. The monoisotopic (exact) mass is 383 g/mol. The summed E-state index contributed by atoms with van der Waals surface area (Å²) in [7, 11) is 1.44. The Labute approximate surface area is 162 Å². The number of allylic oxidation sites excluding steroid dienone is 1. The minimum atomic E-state index is -0.803. The summed E-state index contributed by atoms with van der Waals surface area (Å²) in [5.41, 5.74) is 0.852. The number of anilines is 1. The highest BCUT2D eigenvalue weighted by Gasteiger charge is 2.15. The van der Waals surface area contributed by atoms with E-state index < -0.39 is 5.97 Å². The number of nitrogens with zero attached hydrogens (tertiary/aromatic N) is 2. The first-order valence-electron chi connectivity index (χ1n) is 8.49. The van der Waals surface area contributed by atoms with Gasteiger partial charge in [-0.1, -0.05) is 18.2 Å². The van der Waals surface area contributed by atoms with Crippen molar-refractivity contribution in [2.45, 2.75) is 13.8 Å². The van der Waals surface area contributed by atoms with Crippen molar-refractivity contribution in [3.8, 4) is 5.75 Å². The molecular formula is C20H21N3O5. The lowest BCUT2D eigenvalue weighted by molar-refractivity contribution is -0.138. The molecule has 2 rings (SSSR count). The number of hydrogen-bond donors (Lipinski definition) is 2. The van der Waals surface area contributed by atoms with Crippen LogP contribution in [0.4, 0.5) is 11.4 Å². The predicted octanol–water partition coefficient (Wildman–Crippen LogP) is 4.38. The molecule has 0 saturated carbocycles. The molecule has 2 N–H and O–H groups in total. The molecule has 0 fully saturated rings. The fourth-order valence-electron chi connectivity index (χ4n) is 2.20. The first-order chi connectivity index (χ1) is 13.5. The zero-order valence-electron chi connectivity index (χ0n) is 15.8. The van der Waals surface area contributed by atoms with Crippen LogP contribution in [-0.2, 0) is 9.53 Å². The number of hydrogen-bond acceptors (Lipinski definition) is 7. The van der Waals surface area contributed by atoms with E-state index in [2.05, 4.69) is 15.5 Å². The van der Waals surface area contributed by atoms with Crippen LogP contribution < -0.4 is 10.1 Å². The van der Waals surface area contributed by atoms with Crippen molar-refractivity contribution in [2.75, 3.05) is 19.0 Å². The van der Waals surface area contributed by atoms with Crippen molar-refractivity contribution in [3.63, 3.8) is 0 Å². The molecule has 0 saturated heterocycles. The number of para-hydroxylation sites is 1. The van der Waals surface area contributed by atoms with E-state index in [1.165, 1.54) is 20.1 Å². The van der Waals surface area contributed by atoms with Crippen molar-refractivity contribution in [1.29, 1.82) is 0 Å². The number of aliphatic hydroxyl groups excluding tert-OH is 1. The molecule has 146 valence electrons. The number of benzene rings is 2. The van der Waals surface area contributed by atoms with Crippen LogP contribution in [-0.4, -0.2) is 30.7 Å². The molecule has 0 unspecified atom stereocenters. The van der Waals surface area contributed by atoms with Gasteiger partial charge in [0.2, 0.25) is 5.70 Å². The van der Waals surface area contributed by atoms with Gasteiger partial charge in [-0.25, -0.2) is 4.79 Å². The fraction of sp³-hybridized carbons (Fsp3) is 0.200. The molecule has 0 bridgehead atoms. The quantitative estimate of drug-likeness (QED) is 0.319. The van der Waals surface area contributed by atoms with Crippen LogP contribution in [0.5, 0.6) is 5.75 Å². The Bertz CT molecular complexity index is 903. The van der Waals surface area contributed by atoms with E-state index in [9.17, 15) is 14.7 Å². The number of methoxy groups -OCH3 is 1. The molecule has 2 aromatic carbocycles. The number of carbonyl (C=O) groups is 2. The largest absolute Gasteiger partial charge is 0.510 e. The highest BCUT2D eigenvalue weighted by atomic mass is 16.5. The fourth-order valence-corrected chi connectivity index (χ4v) is 2.20. The van der Waals surface area contributed by atoms with Crippen LogP contribution in [0, 0.1) is 0 Å². The zero-order valence-corrected chi connectivity index (χ0v) is 15.8. The molecule has 0 aliphatic rings. The molecular weight excluding hydrogens is 362 g/mol. The Hall–Kier alpha value is -3.68. The van der Waals surface area contributed by atoms with Gasteiger partial charge in [0.1, 0.15) is 17.2 Å². The lowest BCUT2D eigenvalue weighted by atomic mass is 10.1. The molecule has 8 nitrogen and oxygen atoms in total. The van der Waals surface area contributed by atoms with Crippen molar-refractivity contribution in [3.05, 3.63) is 65.6 Å². The predicted molar refractivity (Wildman–Crippen MR) is 104 cm³/mol. The third-order valence-corrected chi connectivity index (χ3v) is 3.54. The average Bonchev–Trinajstić information content (AvgIpc) is 2.68. The van der Waals surface area contributed by atoms with Gasteiger partial charge >= 0.3 is 5.97 Å². The van der Waals surface area contributed by atoms with Gasteiger partial charge in [0.05, 0.1) is 13.7 Å². The summed E-state index contributed by atoms with van der Waals surface area (Å²) in [6.45, 7) is 3.06. The van der Waals surface area contributed by atoms with E-state index >= 15 is 0 Å². The van der Waals surface area contributed by atoms with Crippen LogP contribution in [0.25, 0.3) is 0 Å². The average molecular weight is 383 g/mol. The van der Waals surface area contributed by atoms with Crippen LogP contribution in [0.3, 0.4) is 0 Å². The van der Waals surface area contributed by atoms with Gasteiger partial charge in [0, 0.05) is 11.3 Å². The summed E-state index contributed by atoms with van der Waals surface area (Å²) in [5, 5.41) is 20.1. The van der Waals surface area contributed by atoms with Gasteiger partial charge in [-0.3, -0.25) is 4.79 Å². The molecule has 0 atom stereocenters. The number of ether oxygens (including phenoxy) is 2. The highest BCUT2D eigenvalue weighted by Crippen LogP contribution is 2.30. The summed E-state index contributed by atoms with van der Waals surface area (Å²) in [6, 6.07) is 13.6. The molecule has 0 aromatic heterocycles. The molecule has 8 heteroatoms. The second-order valence-corrected chi connectivity index (χ2v) is 5.56. The molecule has 0 aliphatic heterocycles. The second kappa shape index (κ2) is 9.86. The number of azo groups is 1. The lowest BCUT2D eigenvalue weighted by Gasteiger charge is -2.08. The van der Waals surface area contributed by atoms with E-state index in [0.717, 1.165) is 0 Å². The van der Waals surface area contributed by atoms with Gasteiger partial charge in [0.25, 0.3) is 5.91 Å². The van der Waals surface area contributed by atoms with Crippen molar-refractivity contribution >= 4 is 23.3 Å². The van der Waals surface area contributed by atoms with E-state index in [1.54, 1.807) is 31.2 Å². The Kier molecular flexibility index (Phi) is 7.27. The van der Waals surface area contributed by atoms with Crippen molar-refractivity contribution < 1.29 is 24.2 Å². The SMILES string of the molecule is CCOC(=O)C(N=Nc1cc(C(=O)Nc2ccccc2)ccc1OC)=C(C)O. The Morgan fingerprint density at radius 1 is 1.14 bits per heavy atom. The van der Waals surface area contributed by atoms with Crippen molar-refractivity contribution in [1.82, 2.24) is 0 Å². The highest BCUT2D eigenvalue weighted by molar-refractivity contribution is 6.05. The Morgan fingerprint density at radius 3 is 2.46 bits per heavy atom. The van der Waals surface area contributed by atoms with Gasteiger partial charge in [-0.15, -0.1) is 10.2 Å². The Morgan fingerprint density at radius 2 is 1.86 bits per heavy atom. The molecule has 0 heterocycles. The summed E-state index contributed by atoms with van der Waals surface area (Å²) < 4.78 is 10.1. The topological polar surface area (TPSA) is 110 Å². The number of nitrogens with one attached hydrogen (secondary N) is 1. The maximum atomic E-state index is 12.5. The summed E-state index contributed by atoms with van der Waals surface area (Å²) in [6.07, 6.45) is 0. The molecule has 2 aromatic rings. The molecule has 0 spiro atoms. The normalized spacial score (nSPS) is 11.7. The van der Waals surface area contributed by atoms with Crippen LogP contribution in [0.1, 0.15) is 24.2 Å². The number of carbonyl (C=O) groups excluding carboxylic acids is 2. The molecule has 0 aliphatic carbocycles. The lowest BCUT2D eigenvalue weighted by Crippen LogP contribution is -2.11. The van der Waals surface area contributed by atoms with Crippen LogP contribution in [0.15, 0.2) is 70.2 Å². The van der Waals surface area contributed by atoms with Crippen molar-refractivity contribution in [2.24, 2.45) is 10.2 Å². The maximum absolute atomic E-state index is 12.5. The first-order valence-corrected chi connectivity index (χ1v) is 8.49. The summed E-state index contributed by atoms with van der Waals surface area (Å²) >= 11 is 0. The second-order valence-electron chi connectivity index (χ2n) is 5.56. The van der Waals surface area contributed by atoms with E-state index in [0.29, 0.717) is 17.0 Å². The summed E-state index contributed by atoms with van der Waals surface area (Å²) in [4.78, 5) is 24.3. The van der Waals surface area contributed by atoms with Gasteiger partial charge < -0.3 is 19.9 Å².